The Bertz CT molecular complexity index is 1470. The summed E-state index contributed by atoms with van der Waals surface area (Å²) in [5, 5.41) is 31.8. The number of phosphoric ester groups is 3. The Balaban J connectivity index is 2.75. The smallest absolute Gasteiger partial charge is 0.462 e. The first-order valence-corrected chi connectivity index (χ1v) is 28.2. The molecule has 1 rings (SSSR count). The number of unbranched alkanes of at least 4 members (excludes halogenated alkanes) is 20. The summed E-state index contributed by atoms with van der Waals surface area (Å²) < 4.78 is 65.4. The summed E-state index contributed by atoms with van der Waals surface area (Å²) in [4.78, 5) is 73.1. The van der Waals surface area contributed by atoms with Crippen LogP contribution in [0.1, 0.15) is 181 Å². The van der Waals surface area contributed by atoms with Gasteiger partial charge < -0.3 is 49.3 Å². The largest absolute Gasteiger partial charge is 0.472 e. The molecule has 0 heterocycles. The minimum Gasteiger partial charge on any atom is -0.462 e. The third kappa shape index (κ3) is 32.1. The molecule has 0 aliphatic heterocycles. The number of phosphoric acid groups is 3. The van der Waals surface area contributed by atoms with Gasteiger partial charge in [0.25, 0.3) is 0 Å². The molecule has 0 aromatic carbocycles. The van der Waals surface area contributed by atoms with E-state index < -0.39 is 91.3 Å². The second-order valence-corrected chi connectivity index (χ2v) is 20.5. The van der Waals surface area contributed by atoms with Gasteiger partial charge in [-0.05, 0) is 64.2 Å². The summed E-state index contributed by atoms with van der Waals surface area (Å²) in [7, 11) is -16.6. The molecular weight excluding hydrogens is 913 g/mol. The van der Waals surface area contributed by atoms with Crippen LogP contribution in [0.3, 0.4) is 0 Å². The highest BCUT2D eigenvalue weighted by Crippen LogP contribution is 2.51. The van der Waals surface area contributed by atoms with Crippen molar-refractivity contribution < 1.29 is 90.6 Å². The van der Waals surface area contributed by atoms with Gasteiger partial charge in [-0.3, -0.25) is 27.7 Å². The highest BCUT2D eigenvalue weighted by molar-refractivity contribution is 7.47. The topological polar surface area (TPSA) is 303 Å². The zero-order chi connectivity index (χ0) is 48.6. The summed E-state index contributed by atoms with van der Waals surface area (Å²) in [6, 6.07) is 0. The molecule has 0 bridgehead atoms. The number of rotatable bonds is 40. The van der Waals surface area contributed by atoms with Crippen molar-refractivity contribution in [3.63, 3.8) is 0 Å². The van der Waals surface area contributed by atoms with E-state index in [1.165, 1.54) is 64.2 Å². The van der Waals surface area contributed by atoms with Crippen molar-refractivity contribution >= 4 is 35.4 Å². The van der Waals surface area contributed by atoms with Crippen LogP contribution in [0, 0.1) is 0 Å². The molecule has 0 radical (unpaired) electrons. The van der Waals surface area contributed by atoms with Crippen LogP contribution in [0.15, 0.2) is 24.3 Å². The predicted octanol–water partition coefficient (Wildman–Crippen LogP) is 8.29. The fraction of sp³-hybridized carbons (Fsp3) is 0.860. The average Bonchev–Trinajstić information content (AvgIpc) is 3.23. The molecule has 8 atom stereocenters. The van der Waals surface area contributed by atoms with E-state index in [9.17, 15) is 63.1 Å². The van der Waals surface area contributed by atoms with Gasteiger partial charge in [0.2, 0.25) is 0 Å². The van der Waals surface area contributed by atoms with Crippen LogP contribution in [0.25, 0.3) is 0 Å². The fourth-order valence-electron chi connectivity index (χ4n) is 7.16. The van der Waals surface area contributed by atoms with Gasteiger partial charge in [-0.2, -0.15) is 0 Å². The number of hydrogen-bond acceptors (Lipinski definition) is 14. The van der Waals surface area contributed by atoms with E-state index in [-0.39, 0.29) is 12.8 Å². The first kappa shape index (κ1) is 61.6. The molecule has 1 fully saturated rings. The van der Waals surface area contributed by atoms with Crippen LogP contribution >= 0.6 is 23.5 Å². The fourth-order valence-corrected chi connectivity index (χ4v) is 9.26. The molecule has 0 saturated heterocycles. The molecule has 65 heavy (non-hydrogen) atoms. The Morgan fingerprint density at radius 2 is 0.846 bits per heavy atom. The Hall–Kier alpha value is -1.37. The van der Waals surface area contributed by atoms with Crippen molar-refractivity contribution in [1.82, 2.24) is 0 Å². The molecule has 0 aromatic rings. The number of hydrogen-bond donors (Lipinski definition) is 8. The maximum absolute atomic E-state index is 13.1. The molecular formula is C43H81O19P3. The average molecular weight is 995 g/mol. The second-order valence-electron chi connectivity index (χ2n) is 16.7. The van der Waals surface area contributed by atoms with Gasteiger partial charge in [-0.1, -0.05) is 128 Å². The summed E-state index contributed by atoms with van der Waals surface area (Å²) >= 11 is 0. The molecule has 0 spiro atoms. The molecule has 382 valence electrons. The van der Waals surface area contributed by atoms with E-state index >= 15 is 0 Å². The number of carbonyl (C=O) groups excluding carboxylic acids is 2. The summed E-state index contributed by atoms with van der Waals surface area (Å²) in [5.74, 6) is -1.31. The van der Waals surface area contributed by atoms with Crippen LogP contribution in [-0.4, -0.2) is 108 Å². The Morgan fingerprint density at radius 3 is 1.29 bits per heavy atom. The Kier molecular flexibility index (Phi) is 33.9. The SMILES string of the molecule is CCCCCCC=CCCCCCCCC(=O)OC(COC(=O)CCCCCCCC=CCCCCCCCC)COP(=O)(O)OC1C(O)C(O)C(OP(=O)(O)O)C(OP(=O)(O)O)C1O. The highest BCUT2D eigenvalue weighted by Gasteiger charge is 2.56. The van der Waals surface area contributed by atoms with Crippen molar-refractivity contribution in [2.75, 3.05) is 13.2 Å². The molecule has 8 N–H and O–H groups in total. The molecule has 1 aliphatic carbocycles. The minimum absolute atomic E-state index is 0.0124. The first-order chi connectivity index (χ1) is 30.8. The van der Waals surface area contributed by atoms with Crippen molar-refractivity contribution in [2.45, 2.75) is 224 Å². The van der Waals surface area contributed by atoms with Crippen LogP contribution in [0.5, 0.6) is 0 Å². The predicted molar refractivity (Wildman–Crippen MR) is 243 cm³/mol. The third-order valence-electron chi connectivity index (χ3n) is 10.7. The molecule has 8 unspecified atom stereocenters. The number of esters is 2. The van der Waals surface area contributed by atoms with Crippen LogP contribution in [0.2, 0.25) is 0 Å². The van der Waals surface area contributed by atoms with Crippen molar-refractivity contribution in [1.29, 1.82) is 0 Å². The van der Waals surface area contributed by atoms with Crippen LogP contribution < -0.4 is 0 Å². The van der Waals surface area contributed by atoms with E-state index in [4.69, 9.17) is 18.5 Å². The second kappa shape index (κ2) is 35.7. The van der Waals surface area contributed by atoms with Crippen molar-refractivity contribution in [3.8, 4) is 0 Å². The standard InChI is InChI=1S/C43H81O19P3/c1-3-5-7-9-11-13-15-17-18-20-21-23-25-27-29-31-36(44)57-33-35(59-37(45)32-30-28-26-24-22-19-16-14-12-10-8-6-4-2)34-58-65(55,56)62-41-38(46)39(47)42(60-63(49,50)51)43(40(41)48)61-64(52,53)54/h14,16-18,35,38-43,46-48H,3-13,15,19-34H2,1-2H3,(H,55,56)(H2,49,50,51)(H2,52,53,54). The molecule has 1 saturated carbocycles. The molecule has 22 heteroatoms. The van der Waals surface area contributed by atoms with Gasteiger partial charge >= 0.3 is 35.4 Å². The minimum atomic E-state index is -5.60. The van der Waals surface area contributed by atoms with Gasteiger partial charge in [0, 0.05) is 12.8 Å². The van der Waals surface area contributed by atoms with Crippen molar-refractivity contribution in [2.24, 2.45) is 0 Å². The lowest BCUT2D eigenvalue weighted by atomic mass is 9.85. The van der Waals surface area contributed by atoms with E-state index in [1.807, 2.05) is 0 Å². The zero-order valence-electron chi connectivity index (χ0n) is 38.6. The lowest BCUT2D eigenvalue weighted by Crippen LogP contribution is -2.65. The Labute approximate surface area is 386 Å². The maximum Gasteiger partial charge on any atom is 0.472 e. The number of aliphatic hydroxyl groups is 3. The summed E-state index contributed by atoms with van der Waals surface area (Å²) in [6.07, 6.45) is 17.7. The van der Waals surface area contributed by atoms with E-state index in [0.717, 1.165) is 77.0 Å². The van der Waals surface area contributed by atoms with Gasteiger partial charge in [-0.25, -0.2) is 13.7 Å². The number of aliphatic hydroxyl groups excluding tert-OH is 3. The first-order valence-electron chi connectivity index (χ1n) is 23.6. The van der Waals surface area contributed by atoms with Crippen LogP contribution in [-0.2, 0) is 50.9 Å². The summed E-state index contributed by atoms with van der Waals surface area (Å²) in [5.41, 5.74) is 0. The molecule has 19 nitrogen and oxygen atoms in total. The third-order valence-corrected chi connectivity index (χ3v) is 12.8. The summed E-state index contributed by atoms with van der Waals surface area (Å²) in [6.45, 7) is 2.90. The van der Waals surface area contributed by atoms with Crippen LogP contribution in [0.4, 0.5) is 0 Å². The molecule has 0 aromatic heterocycles. The van der Waals surface area contributed by atoms with Gasteiger partial charge in [0.1, 0.15) is 43.2 Å². The van der Waals surface area contributed by atoms with E-state index in [0.29, 0.717) is 12.8 Å². The van der Waals surface area contributed by atoms with Gasteiger partial charge in [0.15, 0.2) is 6.10 Å². The monoisotopic (exact) mass is 994 g/mol. The molecule has 0 amide bonds. The van der Waals surface area contributed by atoms with Gasteiger partial charge in [0.05, 0.1) is 6.61 Å². The lowest BCUT2D eigenvalue weighted by molar-refractivity contribution is -0.213. The Morgan fingerprint density at radius 1 is 0.477 bits per heavy atom. The van der Waals surface area contributed by atoms with Crippen molar-refractivity contribution in [3.05, 3.63) is 24.3 Å². The number of carbonyl (C=O) groups is 2. The normalized spacial score (nSPS) is 22.1. The zero-order valence-corrected chi connectivity index (χ0v) is 41.2. The quantitative estimate of drug-likeness (QED) is 0.0124. The molecule has 1 aliphatic rings. The highest BCUT2D eigenvalue weighted by atomic mass is 31.2. The van der Waals surface area contributed by atoms with Gasteiger partial charge in [-0.15, -0.1) is 0 Å². The maximum atomic E-state index is 13.1. The number of ether oxygens (including phenoxy) is 2. The van der Waals surface area contributed by atoms with E-state index in [1.54, 1.807) is 0 Å². The lowest BCUT2D eigenvalue weighted by Gasteiger charge is -2.44. The number of allylic oxidation sites excluding steroid dienone is 4. The van der Waals surface area contributed by atoms with E-state index in [2.05, 4.69) is 47.2 Å².